The molecule has 0 radical (unpaired) electrons. The molecule has 16 heavy (non-hydrogen) atoms. The average molecular weight is 258 g/mol. The van der Waals surface area contributed by atoms with E-state index in [1.807, 2.05) is 0 Å². The molecule has 0 bridgehead atoms. The number of rotatable bonds is 3. The van der Waals surface area contributed by atoms with Gasteiger partial charge in [-0.1, -0.05) is 12.1 Å². The fourth-order valence-electron chi connectivity index (χ4n) is 1.69. The van der Waals surface area contributed by atoms with Gasteiger partial charge in [0, 0.05) is 6.04 Å². The van der Waals surface area contributed by atoms with Crippen LogP contribution in [0.4, 0.5) is 0 Å². The van der Waals surface area contributed by atoms with Gasteiger partial charge in [0.15, 0.2) is 0 Å². The Labute approximate surface area is 105 Å². The van der Waals surface area contributed by atoms with Crippen molar-refractivity contribution in [3.8, 4) is 5.75 Å². The van der Waals surface area contributed by atoms with Gasteiger partial charge < -0.3 is 9.74 Å². The molecule has 1 N–H and O–H groups in total. The fourth-order valence-corrected chi connectivity index (χ4v) is 2.54. The third kappa shape index (κ3) is 3.51. The van der Waals surface area contributed by atoms with Crippen molar-refractivity contribution in [2.75, 3.05) is 6.54 Å². The first-order valence-corrected chi connectivity index (χ1v) is 8.98. The Kier molecular flexibility index (Phi) is 4.41. The normalized spacial score (nSPS) is 19.6. The average Bonchev–Trinajstić information content (AvgIpc) is 2.02. The predicted octanol–water partition coefficient (Wildman–Crippen LogP) is 3.36. The summed E-state index contributed by atoms with van der Waals surface area (Å²) < 4.78 is 5.91. The van der Waals surface area contributed by atoms with Gasteiger partial charge in [-0.25, -0.2) is 0 Å². The summed E-state index contributed by atoms with van der Waals surface area (Å²) in [6.07, 6.45) is 1.26. The second-order valence-electron chi connectivity index (χ2n) is 5.08. The Morgan fingerprint density at radius 1 is 1.19 bits per heavy atom. The van der Waals surface area contributed by atoms with Crippen LogP contribution >= 0.6 is 12.4 Å². The first-order valence-electron chi connectivity index (χ1n) is 5.57. The summed E-state index contributed by atoms with van der Waals surface area (Å²) in [7, 11) is -1.45. The van der Waals surface area contributed by atoms with Crippen molar-refractivity contribution in [3.63, 3.8) is 0 Å². The lowest BCUT2D eigenvalue weighted by Crippen LogP contribution is -2.34. The maximum absolute atomic E-state index is 5.91. The van der Waals surface area contributed by atoms with Crippen LogP contribution in [0.25, 0.3) is 0 Å². The Bertz CT molecular complexity index is 330. The Hall–Kier alpha value is -0.513. The molecule has 1 saturated heterocycles. The molecule has 0 aliphatic carbocycles. The largest absolute Gasteiger partial charge is 0.544 e. The molecule has 2 rings (SSSR count). The highest BCUT2D eigenvalue weighted by molar-refractivity contribution is 6.70. The summed E-state index contributed by atoms with van der Waals surface area (Å²) in [6.45, 7) is 7.76. The quantitative estimate of drug-likeness (QED) is 0.839. The molecule has 1 aliphatic heterocycles. The molecule has 1 atom stereocenters. The van der Waals surface area contributed by atoms with Crippen LogP contribution in [-0.4, -0.2) is 14.9 Å². The molecule has 0 amide bonds. The molecule has 2 nitrogen and oxygen atoms in total. The van der Waals surface area contributed by atoms with E-state index >= 15 is 0 Å². The van der Waals surface area contributed by atoms with E-state index in [2.05, 4.69) is 49.2 Å². The van der Waals surface area contributed by atoms with Crippen LogP contribution in [0.5, 0.6) is 5.75 Å². The molecule has 0 aromatic heterocycles. The molecule has 90 valence electrons. The summed E-state index contributed by atoms with van der Waals surface area (Å²) >= 11 is 0. The zero-order chi connectivity index (χ0) is 10.9. The molecule has 1 fully saturated rings. The van der Waals surface area contributed by atoms with Crippen molar-refractivity contribution in [1.82, 2.24) is 5.32 Å². The van der Waals surface area contributed by atoms with Gasteiger partial charge in [-0.2, -0.15) is 0 Å². The second-order valence-corrected chi connectivity index (χ2v) is 9.51. The molecule has 4 heteroatoms. The Morgan fingerprint density at radius 2 is 1.75 bits per heavy atom. The van der Waals surface area contributed by atoms with Crippen LogP contribution in [-0.2, 0) is 0 Å². The Balaban J connectivity index is 0.00000128. The van der Waals surface area contributed by atoms with Gasteiger partial charge in [-0.3, -0.25) is 0 Å². The SMILES string of the molecule is C[Si](C)(C)Oc1ccc([C@@H]2CCN2)cc1.Cl. The first-order chi connectivity index (χ1) is 7.04. The molecular formula is C12H20ClNOSi. The second kappa shape index (κ2) is 5.21. The fraction of sp³-hybridized carbons (Fsp3) is 0.500. The number of hydrogen-bond acceptors (Lipinski definition) is 2. The van der Waals surface area contributed by atoms with Crippen molar-refractivity contribution >= 4 is 20.7 Å². The van der Waals surface area contributed by atoms with E-state index in [1.165, 1.54) is 12.0 Å². The topological polar surface area (TPSA) is 21.3 Å². The summed E-state index contributed by atoms with van der Waals surface area (Å²) in [5.41, 5.74) is 1.38. The van der Waals surface area contributed by atoms with Gasteiger partial charge in [0.25, 0.3) is 0 Å². The van der Waals surface area contributed by atoms with Gasteiger partial charge in [0.2, 0.25) is 8.32 Å². The van der Waals surface area contributed by atoms with Gasteiger partial charge in [0.1, 0.15) is 5.75 Å². The van der Waals surface area contributed by atoms with Crippen LogP contribution < -0.4 is 9.74 Å². The van der Waals surface area contributed by atoms with E-state index in [9.17, 15) is 0 Å². The van der Waals surface area contributed by atoms with Gasteiger partial charge in [0.05, 0.1) is 0 Å². The van der Waals surface area contributed by atoms with E-state index < -0.39 is 8.32 Å². The van der Waals surface area contributed by atoms with Gasteiger partial charge >= 0.3 is 0 Å². The zero-order valence-corrected chi connectivity index (χ0v) is 11.9. The lowest BCUT2D eigenvalue weighted by atomic mass is 9.98. The monoisotopic (exact) mass is 257 g/mol. The molecular weight excluding hydrogens is 238 g/mol. The summed E-state index contributed by atoms with van der Waals surface area (Å²) in [6, 6.07) is 9.10. The van der Waals surface area contributed by atoms with Crippen molar-refractivity contribution in [3.05, 3.63) is 29.8 Å². The number of hydrogen-bond donors (Lipinski definition) is 1. The van der Waals surface area contributed by atoms with Crippen LogP contribution in [0.2, 0.25) is 19.6 Å². The van der Waals surface area contributed by atoms with Crippen molar-refractivity contribution in [2.45, 2.75) is 32.1 Å². The van der Waals surface area contributed by atoms with Gasteiger partial charge in [-0.15, -0.1) is 12.4 Å². The molecule has 0 unspecified atom stereocenters. The summed E-state index contributed by atoms with van der Waals surface area (Å²) in [5, 5.41) is 3.40. The molecule has 1 heterocycles. The van der Waals surface area contributed by atoms with E-state index in [0.717, 1.165) is 12.3 Å². The summed E-state index contributed by atoms with van der Waals surface area (Å²) in [5.74, 6) is 1.01. The van der Waals surface area contributed by atoms with E-state index in [1.54, 1.807) is 0 Å². The maximum Gasteiger partial charge on any atom is 0.242 e. The van der Waals surface area contributed by atoms with Crippen molar-refractivity contribution < 1.29 is 4.43 Å². The molecule has 0 spiro atoms. The number of halogens is 1. The third-order valence-electron chi connectivity index (χ3n) is 2.53. The zero-order valence-electron chi connectivity index (χ0n) is 10.1. The number of nitrogens with one attached hydrogen (secondary N) is 1. The number of benzene rings is 1. The van der Waals surface area contributed by atoms with Crippen molar-refractivity contribution in [1.29, 1.82) is 0 Å². The molecule has 1 aromatic rings. The van der Waals surface area contributed by atoms with Gasteiger partial charge in [-0.05, 0) is 50.3 Å². The van der Waals surface area contributed by atoms with E-state index in [4.69, 9.17) is 4.43 Å². The highest BCUT2D eigenvalue weighted by Gasteiger charge is 2.19. The standard InChI is InChI=1S/C12H19NOSi.ClH/c1-15(2,3)14-11-6-4-10(5-7-11)12-8-9-13-12;/h4-7,12-13H,8-9H2,1-3H3;1H/t12-;/m0./s1. The first kappa shape index (κ1) is 13.6. The van der Waals surface area contributed by atoms with Crippen molar-refractivity contribution in [2.24, 2.45) is 0 Å². The van der Waals surface area contributed by atoms with E-state index in [-0.39, 0.29) is 12.4 Å². The van der Waals surface area contributed by atoms with Crippen LogP contribution in [0.15, 0.2) is 24.3 Å². The predicted molar refractivity (Wildman–Crippen MR) is 73.0 cm³/mol. The minimum atomic E-state index is -1.45. The highest BCUT2D eigenvalue weighted by Crippen LogP contribution is 2.25. The highest BCUT2D eigenvalue weighted by atomic mass is 35.5. The minimum Gasteiger partial charge on any atom is -0.544 e. The minimum absolute atomic E-state index is 0. The van der Waals surface area contributed by atoms with E-state index in [0.29, 0.717) is 6.04 Å². The van der Waals surface area contributed by atoms with Crippen LogP contribution in [0, 0.1) is 0 Å². The lowest BCUT2D eigenvalue weighted by molar-refractivity contribution is 0.383. The smallest absolute Gasteiger partial charge is 0.242 e. The molecule has 1 aliphatic rings. The molecule has 1 aromatic carbocycles. The summed E-state index contributed by atoms with van der Waals surface area (Å²) in [4.78, 5) is 0. The lowest BCUT2D eigenvalue weighted by Gasteiger charge is -2.28. The van der Waals surface area contributed by atoms with Crippen LogP contribution in [0.3, 0.4) is 0 Å². The Morgan fingerprint density at radius 3 is 2.12 bits per heavy atom. The maximum atomic E-state index is 5.91. The van der Waals surface area contributed by atoms with Crippen LogP contribution in [0.1, 0.15) is 18.0 Å². The molecule has 0 saturated carbocycles. The third-order valence-corrected chi connectivity index (χ3v) is 3.38.